The van der Waals surface area contributed by atoms with Crippen LogP contribution in [0.15, 0.2) is 29.2 Å². The van der Waals surface area contributed by atoms with Crippen molar-refractivity contribution in [3.8, 4) is 0 Å². The quantitative estimate of drug-likeness (QED) is 0.676. The van der Waals surface area contributed by atoms with Crippen LogP contribution in [-0.4, -0.2) is 57.8 Å². The van der Waals surface area contributed by atoms with E-state index in [0.717, 1.165) is 30.0 Å². The Hall–Kier alpha value is -2.23. The van der Waals surface area contributed by atoms with E-state index in [9.17, 15) is 8.42 Å². The molecule has 0 radical (unpaired) electrons. The molecule has 2 heterocycles. The van der Waals surface area contributed by atoms with Crippen LogP contribution in [0, 0.1) is 20.8 Å². The van der Waals surface area contributed by atoms with Gasteiger partial charge in [0.05, 0.1) is 18.1 Å². The van der Waals surface area contributed by atoms with Crippen molar-refractivity contribution >= 4 is 21.7 Å². The topological polar surface area (TPSA) is 96.5 Å². The Morgan fingerprint density at radius 1 is 1.04 bits per heavy atom. The molecule has 1 aromatic carbocycles. The highest BCUT2D eigenvalue weighted by Gasteiger charge is 2.15. The van der Waals surface area contributed by atoms with Crippen LogP contribution in [0.2, 0.25) is 0 Å². The number of sulfonamides is 1. The lowest BCUT2D eigenvalue weighted by Gasteiger charge is -2.28. The van der Waals surface area contributed by atoms with Gasteiger partial charge in [-0.05, 0) is 44.0 Å². The van der Waals surface area contributed by atoms with Crippen molar-refractivity contribution in [2.45, 2.75) is 25.7 Å². The van der Waals surface area contributed by atoms with E-state index in [-0.39, 0.29) is 11.4 Å². The molecule has 3 rings (SSSR count). The third kappa shape index (κ3) is 5.18. The number of aryl methyl sites for hydroxylation is 3. The number of nitrogens with zero attached hydrogens (tertiary/aromatic N) is 3. The minimum Gasteiger partial charge on any atom is -0.378 e. The molecule has 0 atom stereocenters. The summed E-state index contributed by atoms with van der Waals surface area (Å²) in [4.78, 5) is 11.3. The summed E-state index contributed by atoms with van der Waals surface area (Å²) in [7, 11) is -3.53. The van der Waals surface area contributed by atoms with Crippen LogP contribution in [0.1, 0.15) is 17.0 Å². The van der Waals surface area contributed by atoms with E-state index in [0.29, 0.717) is 31.4 Å². The van der Waals surface area contributed by atoms with Crippen molar-refractivity contribution in [3.05, 3.63) is 41.2 Å². The van der Waals surface area contributed by atoms with E-state index in [4.69, 9.17) is 4.74 Å². The first-order valence-electron chi connectivity index (χ1n) is 9.34. The predicted molar refractivity (Wildman–Crippen MR) is 109 cm³/mol. The van der Waals surface area contributed by atoms with Crippen molar-refractivity contribution in [2.24, 2.45) is 0 Å². The smallest absolute Gasteiger partial charge is 0.240 e. The van der Waals surface area contributed by atoms with Gasteiger partial charge >= 0.3 is 0 Å². The zero-order valence-electron chi connectivity index (χ0n) is 16.5. The minimum absolute atomic E-state index is 0.255. The summed E-state index contributed by atoms with van der Waals surface area (Å²) < 4.78 is 32.9. The maximum absolute atomic E-state index is 12.4. The van der Waals surface area contributed by atoms with Crippen molar-refractivity contribution in [1.29, 1.82) is 0 Å². The monoisotopic (exact) mass is 405 g/mol. The lowest BCUT2D eigenvalue weighted by Crippen LogP contribution is -2.37. The van der Waals surface area contributed by atoms with E-state index in [1.165, 1.54) is 0 Å². The first-order chi connectivity index (χ1) is 13.3. The predicted octanol–water partition coefficient (Wildman–Crippen LogP) is 1.63. The summed E-state index contributed by atoms with van der Waals surface area (Å²) in [5.41, 5.74) is 2.02. The fourth-order valence-corrected chi connectivity index (χ4v) is 4.05. The van der Waals surface area contributed by atoms with Crippen LogP contribution in [0.4, 0.5) is 11.6 Å². The Kier molecular flexibility index (Phi) is 6.48. The van der Waals surface area contributed by atoms with Crippen molar-refractivity contribution in [3.63, 3.8) is 0 Å². The van der Waals surface area contributed by atoms with Gasteiger partial charge < -0.3 is 15.0 Å². The summed E-state index contributed by atoms with van der Waals surface area (Å²) in [6, 6.07) is 7.02. The first kappa shape index (κ1) is 20.5. The van der Waals surface area contributed by atoms with E-state index in [1.54, 1.807) is 12.1 Å². The first-order valence-corrected chi connectivity index (χ1v) is 10.8. The van der Waals surface area contributed by atoms with E-state index < -0.39 is 10.0 Å². The number of morpholine rings is 1. The highest BCUT2D eigenvalue weighted by atomic mass is 32.2. The van der Waals surface area contributed by atoms with E-state index >= 15 is 0 Å². The van der Waals surface area contributed by atoms with Crippen LogP contribution in [0.25, 0.3) is 0 Å². The zero-order chi connectivity index (χ0) is 20.1. The van der Waals surface area contributed by atoms with Gasteiger partial charge in [0.1, 0.15) is 17.5 Å². The van der Waals surface area contributed by atoms with Gasteiger partial charge in [-0.2, -0.15) is 0 Å². The number of rotatable bonds is 7. The lowest BCUT2D eigenvalue weighted by atomic mass is 10.1. The van der Waals surface area contributed by atoms with Gasteiger partial charge in [-0.15, -0.1) is 0 Å². The Labute approximate surface area is 166 Å². The summed E-state index contributed by atoms with van der Waals surface area (Å²) in [5, 5.41) is 3.17. The second-order valence-electron chi connectivity index (χ2n) is 6.83. The molecule has 0 aliphatic carbocycles. The molecule has 2 aromatic rings. The van der Waals surface area contributed by atoms with Gasteiger partial charge in [-0.1, -0.05) is 6.07 Å². The number of aromatic nitrogens is 2. The standard InChI is InChI=1S/C19H27N5O3S/c1-14-4-5-17(12-15(14)2)28(25,26)21-7-6-20-18-13-19(23-16(3)22-18)24-8-10-27-11-9-24/h4-5,12-13,21H,6-11H2,1-3H3,(H,20,22,23). The number of nitrogens with one attached hydrogen (secondary N) is 2. The number of anilines is 2. The Bertz CT molecular complexity index is 927. The average molecular weight is 406 g/mol. The molecule has 0 amide bonds. The number of benzene rings is 1. The molecule has 1 aromatic heterocycles. The molecule has 0 spiro atoms. The van der Waals surface area contributed by atoms with Crippen molar-refractivity contribution in [1.82, 2.24) is 14.7 Å². The number of ether oxygens (including phenoxy) is 1. The van der Waals surface area contributed by atoms with Gasteiger partial charge in [0.2, 0.25) is 10.0 Å². The molecule has 8 nitrogen and oxygen atoms in total. The SMILES string of the molecule is Cc1nc(NCCNS(=O)(=O)c2ccc(C)c(C)c2)cc(N2CCOCC2)n1. The third-order valence-electron chi connectivity index (χ3n) is 4.67. The van der Waals surface area contributed by atoms with Crippen molar-refractivity contribution < 1.29 is 13.2 Å². The zero-order valence-corrected chi connectivity index (χ0v) is 17.3. The van der Waals surface area contributed by atoms with Gasteiger partial charge in [0.25, 0.3) is 0 Å². The van der Waals surface area contributed by atoms with Crippen molar-refractivity contribution in [2.75, 3.05) is 49.6 Å². The molecule has 0 bridgehead atoms. The summed E-state index contributed by atoms with van der Waals surface area (Å²) in [6.45, 7) is 9.35. The summed E-state index contributed by atoms with van der Waals surface area (Å²) in [5.74, 6) is 2.20. The van der Waals surface area contributed by atoms with Crippen LogP contribution >= 0.6 is 0 Å². The van der Waals surface area contributed by atoms with Crippen LogP contribution in [-0.2, 0) is 14.8 Å². The molecular weight excluding hydrogens is 378 g/mol. The van der Waals surface area contributed by atoms with Gasteiger partial charge in [-0.3, -0.25) is 0 Å². The molecule has 1 fully saturated rings. The molecular formula is C19H27N5O3S. The maximum atomic E-state index is 12.4. The fourth-order valence-electron chi connectivity index (χ4n) is 2.94. The van der Waals surface area contributed by atoms with Crippen LogP contribution in [0.3, 0.4) is 0 Å². The molecule has 152 valence electrons. The maximum Gasteiger partial charge on any atom is 0.240 e. The molecule has 0 unspecified atom stereocenters. The molecule has 2 N–H and O–H groups in total. The van der Waals surface area contributed by atoms with Crippen LogP contribution < -0.4 is 14.9 Å². The summed E-state index contributed by atoms with van der Waals surface area (Å²) in [6.07, 6.45) is 0. The Balaban J connectivity index is 1.57. The second-order valence-corrected chi connectivity index (χ2v) is 8.60. The van der Waals surface area contributed by atoms with Gasteiger partial charge in [0.15, 0.2) is 0 Å². The normalized spacial score (nSPS) is 14.9. The fraction of sp³-hybridized carbons (Fsp3) is 0.474. The van der Waals surface area contributed by atoms with E-state index in [1.807, 2.05) is 32.9 Å². The summed E-state index contributed by atoms with van der Waals surface area (Å²) >= 11 is 0. The largest absolute Gasteiger partial charge is 0.378 e. The average Bonchev–Trinajstić information content (AvgIpc) is 2.67. The second kappa shape index (κ2) is 8.85. The highest BCUT2D eigenvalue weighted by molar-refractivity contribution is 7.89. The molecule has 1 aliphatic heterocycles. The Morgan fingerprint density at radius 3 is 2.50 bits per heavy atom. The minimum atomic E-state index is -3.53. The number of hydrogen-bond acceptors (Lipinski definition) is 7. The molecule has 9 heteroatoms. The molecule has 1 aliphatic rings. The van der Waals surface area contributed by atoms with Crippen LogP contribution in [0.5, 0.6) is 0 Å². The molecule has 28 heavy (non-hydrogen) atoms. The molecule has 1 saturated heterocycles. The van der Waals surface area contributed by atoms with Gasteiger partial charge in [0, 0.05) is 32.2 Å². The highest BCUT2D eigenvalue weighted by Crippen LogP contribution is 2.17. The lowest BCUT2D eigenvalue weighted by molar-refractivity contribution is 0.122. The number of hydrogen-bond donors (Lipinski definition) is 2. The molecule has 0 saturated carbocycles. The van der Waals surface area contributed by atoms with Gasteiger partial charge in [-0.25, -0.2) is 23.1 Å². The third-order valence-corrected chi connectivity index (χ3v) is 6.13. The Morgan fingerprint density at radius 2 is 1.79 bits per heavy atom. The van der Waals surface area contributed by atoms with E-state index in [2.05, 4.69) is 24.9 Å².